The summed E-state index contributed by atoms with van der Waals surface area (Å²) in [4.78, 5) is 27.6. The van der Waals surface area contributed by atoms with Crippen molar-refractivity contribution < 1.29 is 46.0 Å². The zero-order valence-electron chi connectivity index (χ0n) is 25.3. The molecular formula is C32H31NO12S2. The first-order chi connectivity index (χ1) is 22.1. The highest BCUT2D eigenvalue weighted by atomic mass is 32.2. The van der Waals surface area contributed by atoms with Crippen molar-refractivity contribution in [2.24, 2.45) is 0 Å². The van der Waals surface area contributed by atoms with Crippen LogP contribution in [-0.4, -0.2) is 60.0 Å². The molecule has 0 fully saturated rings. The summed E-state index contributed by atoms with van der Waals surface area (Å²) in [6.45, 7) is 0.584. The number of phenolic OH excluding ortho intramolecular Hbond substituents is 1. The molecule has 6 rings (SSSR count). The van der Waals surface area contributed by atoms with Crippen LogP contribution < -0.4 is 20.9 Å². The van der Waals surface area contributed by atoms with Crippen LogP contribution >= 0.6 is 0 Å². The molecule has 1 aliphatic rings. The van der Waals surface area contributed by atoms with Gasteiger partial charge in [0, 0.05) is 21.9 Å². The van der Waals surface area contributed by atoms with Crippen molar-refractivity contribution in [3.05, 3.63) is 66.0 Å². The van der Waals surface area contributed by atoms with Crippen LogP contribution in [0, 0.1) is 0 Å². The fourth-order valence-corrected chi connectivity index (χ4v) is 8.05. The van der Waals surface area contributed by atoms with E-state index in [2.05, 4.69) is 5.32 Å². The average molecular weight is 686 g/mol. The van der Waals surface area contributed by atoms with E-state index >= 15 is 0 Å². The molecule has 248 valence electrons. The van der Waals surface area contributed by atoms with Gasteiger partial charge in [0.2, 0.25) is 0 Å². The summed E-state index contributed by atoms with van der Waals surface area (Å²) in [6.07, 6.45) is 2.40. The quantitative estimate of drug-likeness (QED) is 0.0510. The number of aliphatic hydroxyl groups excluding tert-OH is 2. The smallest absolute Gasteiger partial charge is 0.283 e. The van der Waals surface area contributed by atoms with E-state index in [1.807, 2.05) is 13.0 Å². The SMILES string of the molecule is COc1c(NCS(=O)(=O)O)c2c(=O)cc(CO)c3c4c(CO)cc(=O)c5c(O)c(CCCCS(=O)(=O)O)c6c(c(c1CC(C)=C6)c23)c54. The maximum absolute atomic E-state index is 13.9. The highest BCUT2D eigenvalue weighted by Gasteiger charge is 2.32. The fraction of sp³-hybridized carbons (Fsp3) is 0.312. The molecule has 15 heteroatoms. The number of aliphatic hydroxyl groups is 2. The molecule has 0 saturated carbocycles. The predicted octanol–water partition coefficient (Wildman–Crippen LogP) is 3.02. The monoisotopic (exact) mass is 685 g/mol. The first kappa shape index (κ1) is 32.8. The van der Waals surface area contributed by atoms with E-state index in [0.717, 1.165) is 5.57 Å². The number of allylic oxidation sites excluding steroid dienone is 1. The second-order valence-corrected chi connectivity index (χ2v) is 14.8. The Bertz CT molecular complexity index is 2510. The summed E-state index contributed by atoms with van der Waals surface area (Å²) in [7, 11) is -7.47. The van der Waals surface area contributed by atoms with E-state index in [1.165, 1.54) is 19.2 Å². The number of unbranched alkanes of at least 4 members (excludes halogenated alkanes) is 1. The van der Waals surface area contributed by atoms with Gasteiger partial charge in [-0.25, -0.2) is 0 Å². The topological polar surface area (TPSA) is 225 Å². The van der Waals surface area contributed by atoms with E-state index in [4.69, 9.17) is 4.74 Å². The molecule has 47 heavy (non-hydrogen) atoms. The minimum Gasteiger partial charge on any atom is -0.507 e. The molecule has 0 radical (unpaired) electrons. The third-order valence-corrected chi connectivity index (χ3v) is 10.1. The predicted molar refractivity (Wildman–Crippen MR) is 178 cm³/mol. The number of nitrogens with one attached hydrogen (secondary N) is 1. The van der Waals surface area contributed by atoms with E-state index in [0.29, 0.717) is 43.6 Å². The maximum atomic E-state index is 13.9. The molecule has 0 aromatic heterocycles. The Balaban J connectivity index is 1.92. The van der Waals surface area contributed by atoms with Gasteiger partial charge in [0.15, 0.2) is 10.9 Å². The van der Waals surface area contributed by atoms with Crippen LogP contribution in [0.15, 0.2) is 27.3 Å². The van der Waals surface area contributed by atoms with E-state index < -0.39 is 55.9 Å². The lowest BCUT2D eigenvalue weighted by Crippen LogP contribution is -2.17. The molecule has 13 nitrogen and oxygen atoms in total. The van der Waals surface area contributed by atoms with Crippen LogP contribution in [0.3, 0.4) is 0 Å². The summed E-state index contributed by atoms with van der Waals surface area (Å²) in [5.74, 6) is -1.68. The van der Waals surface area contributed by atoms with Gasteiger partial charge in [0.1, 0.15) is 17.4 Å². The Morgan fingerprint density at radius 1 is 0.809 bits per heavy atom. The maximum Gasteiger partial charge on any atom is 0.283 e. The normalized spacial score (nSPS) is 13.7. The highest BCUT2D eigenvalue weighted by Crippen LogP contribution is 2.53. The number of hydrogen-bond donors (Lipinski definition) is 6. The first-order valence-corrected chi connectivity index (χ1v) is 17.8. The lowest BCUT2D eigenvalue weighted by molar-refractivity contribution is 0.282. The Morgan fingerprint density at radius 3 is 1.96 bits per heavy atom. The van der Waals surface area contributed by atoms with E-state index in [1.54, 1.807) is 0 Å². The van der Waals surface area contributed by atoms with Gasteiger partial charge in [-0.15, -0.1) is 0 Å². The number of rotatable bonds is 11. The molecule has 0 unspecified atom stereocenters. The summed E-state index contributed by atoms with van der Waals surface area (Å²) in [5.41, 5.74) is 1.19. The molecular weight excluding hydrogens is 654 g/mol. The minimum absolute atomic E-state index is 0.0132. The van der Waals surface area contributed by atoms with Gasteiger partial charge in [-0.2, -0.15) is 16.8 Å². The van der Waals surface area contributed by atoms with Crippen LogP contribution in [0.1, 0.15) is 47.6 Å². The first-order valence-electron chi connectivity index (χ1n) is 14.6. The molecule has 0 aliphatic heterocycles. The number of ether oxygens (including phenoxy) is 1. The number of benzene rings is 5. The number of anilines is 1. The van der Waals surface area contributed by atoms with Crippen molar-refractivity contribution in [1.82, 2.24) is 0 Å². The molecule has 0 amide bonds. The summed E-state index contributed by atoms with van der Waals surface area (Å²) in [5, 5.41) is 37.5. The number of methoxy groups -OCH3 is 1. The summed E-state index contributed by atoms with van der Waals surface area (Å²) < 4.78 is 71.1. The van der Waals surface area contributed by atoms with Gasteiger partial charge < -0.3 is 25.4 Å². The molecule has 5 aromatic carbocycles. The Kier molecular flexibility index (Phi) is 8.05. The molecule has 1 aliphatic carbocycles. The van der Waals surface area contributed by atoms with Crippen LogP contribution in [0.4, 0.5) is 5.69 Å². The van der Waals surface area contributed by atoms with Crippen molar-refractivity contribution in [2.75, 3.05) is 24.1 Å². The van der Waals surface area contributed by atoms with Crippen LogP contribution in [0.5, 0.6) is 11.5 Å². The molecule has 5 aromatic rings. The van der Waals surface area contributed by atoms with Crippen molar-refractivity contribution in [1.29, 1.82) is 0 Å². The van der Waals surface area contributed by atoms with Gasteiger partial charge in [0.05, 0.1) is 42.5 Å². The van der Waals surface area contributed by atoms with E-state index in [9.17, 15) is 50.8 Å². The molecule has 0 bridgehead atoms. The lowest BCUT2D eigenvalue weighted by atomic mass is 9.80. The van der Waals surface area contributed by atoms with Gasteiger partial charge in [0.25, 0.3) is 20.2 Å². The van der Waals surface area contributed by atoms with Crippen molar-refractivity contribution in [3.63, 3.8) is 0 Å². The van der Waals surface area contributed by atoms with Crippen LogP contribution in [-0.2, 0) is 46.3 Å². The van der Waals surface area contributed by atoms with Crippen molar-refractivity contribution in [2.45, 2.75) is 45.8 Å². The van der Waals surface area contributed by atoms with Crippen molar-refractivity contribution in [3.8, 4) is 11.5 Å². The number of aromatic hydroxyl groups is 1. The third kappa shape index (κ3) is 5.32. The Labute approximate surface area is 267 Å². The molecule has 0 atom stereocenters. The second kappa shape index (κ2) is 11.5. The van der Waals surface area contributed by atoms with Crippen molar-refractivity contribution >= 4 is 75.1 Å². The second-order valence-electron chi connectivity index (χ2n) is 11.8. The molecule has 6 N–H and O–H groups in total. The lowest BCUT2D eigenvalue weighted by Gasteiger charge is -2.25. The zero-order chi connectivity index (χ0) is 34.2. The standard InChI is InChI=1S/C32H31NO12S2/c1-14-7-18-17(5-3-4-6-46(39,40)41)31(38)27-21(37)10-16(12-35)23-22-15(11-34)9-20(36)26-28(22)25(24(18)29(23)27)19(8-14)32(45-2)30(26)33-13-47(42,43)44/h7,9-10,33-35,38H,3-6,8,11-13H2,1-2H3,(H,39,40,41)(H,42,43,44). The average Bonchev–Trinajstić information content (AvgIpc) is 3.14. The minimum atomic E-state index is -4.58. The summed E-state index contributed by atoms with van der Waals surface area (Å²) in [6, 6.07) is 2.35. The fourth-order valence-electron chi connectivity index (χ4n) is 7.16. The van der Waals surface area contributed by atoms with Gasteiger partial charge >= 0.3 is 0 Å². The third-order valence-electron chi connectivity index (χ3n) is 8.82. The highest BCUT2D eigenvalue weighted by molar-refractivity contribution is 7.86. The Morgan fingerprint density at radius 2 is 1.40 bits per heavy atom. The number of phenols is 1. The van der Waals surface area contributed by atoms with Gasteiger partial charge in [-0.1, -0.05) is 11.6 Å². The molecule has 0 heterocycles. The van der Waals surface area contributed by atoms with Crippen LogP contribution in [0.2, 0.25) is 0 Å². The van der Waals surface area contributed by atoms with E-state index in [-0.39, 0.29) is 70.2 Å². The largest absolute Gasteiger partial charge is 0.507 e. The zero-order valence-corrected chi connectivity index (χ0v) is 26.9. The molecule has 0 spiro atoms. The summed E-state index contributed by atoms with van der Waals surface area (Å²) >= 11 is 0. The number of hydrogen-bond acceptors (Lipinski definition) is 11. The van der Waals surface area contributed by atoms with Gasteiger partial charge in [-0.3, -0.25) is 18.7 Å². The Hall–Kier alpha value is -4.12. The van der Waals surface area contributed by atoms with Crippen LogP contribution in [0.25, 0.3) is 49.2 Å². The molecule has 0 saturated heterocycles. The number of fused-ring (bicyclic) bond motifs is 1. The van der Waals surface area contributed by atoms with Gasteiger partial charge in [-0.05, 0) is 83.0 Å².